The summed E-state index contributed by atoms with van der Waals surface area (Å²) in [5.41, 5.74) is 2.27. The minimum absolute atomic E-state index is 0.0660. The minimum Gasteiger partial charge on any atom is -0.320 e. The molecule has 2 amide bonds. The number of halogens is 2. The summed E-state index contributed by atoms with van der Waals surface area (Å²) in [6.45, 7) is 9.90. The van der Waals surface area contributed by atoms with E-state index in [1.54, 1.807) is 0 Å². The Morgan fingerprint density at radius 3 is 2.50 bits per heavy atom. The molecule has 2 aliphatic carbocycles. The Balaban J connectivity index is 1.51. The number of hydrogen-bond donors (Lipinski definition) is 1. The van der Waals surface area contributed by atoms with E-state index in [1.165, 1.54) is 11.6 Å². The highest BCUT2D eigenvalue weighted by atomic mass is 19.2. The SMILES string of the molecule is CC(C)N(CCN(C(=O)Nc1ccc(F)c(F)c1)[C@@H]1CC[C@@]2(c3cccc(C#N)c3)CC2C1)C(C)C. The lowest BCUT2D eigenvalue weighted by atomic mass is 9.80. The van der Waals surface area contributed by atoms with Crippen LogP contribution in [-0.2, 0) is 5.41 Å². The number of hydrogen-bond acceptors (Lipinski definition) is 3. The van der Waals surface area contributed by atoms with E-state index >= 15 is 0 Å². The molecule has 0 radical (unpaired) electrons. The third-order valence-electron chi connectivity index (χ3n) is 8.08. The first kappa shape index (κ1) is 26.1. The summed E-state index contributed by atoms with van der Waals surface area (Å²) in [4.78, 5) is 17.7. The second kappa shape index (κ2) is 10.6. The second-order valence-corrected chi connectivity index (χ2v) is 10.9. The van der Waals surface area contributed by atoms with Gasteiger partial charge >= 0.3 is 6.03 Å². The molecular weight excluding hydrogens is 458 g/mol. The monoisotopic (exact) mass is 494 g/mol. The lowest BCUT2D eigenvalue weighted by Gasteiger charge is -2.39. The van der Waals surface area contributed by atoms with Crippen LogP contribution in [0.5, 0.6) is 0 Å². The number of nitrogens with one attached hydrogen (secondary N) is 1. The number of nitriles is 1. The number of carbonyl (C=O) groups is 1. The first-order valence-corrected chi connectivity index (χ1v) is 12.9. The molecule has 192 valence electrons. The van der Waals surface area contributed by atoms with Gasteiger partial charge < -0.3 is 10.2 Å². The molecule has 0 spiro atoms. The Bertz CT molecular complexity index is 1140. The van der Waals surface area contributed by atoms with Gasteiger partial charge in [0.25, 0.3) is 0 Å². The maximum atomic E-state index is 13.8. The molecular formula is C29H36F2N4O. The van der Waals surface area contributed by atoms with Gasteiger partial charge in [-0.1, -0.05) is 12.1 Å². The van der Waals surface area contributed by atoms with E-state index in [1.807, 2.05) is 23.1 Å². The molecule has 2 aromatic carbocycles. The van der Waals surface area contributed by atoms with Crippen molar-refractivity contribution in [1.82, 2.24) is 9.80 Å². The Morgan fingerprint density at radius 2 is 1.86 bits per heavy atom. The molecule has 0 bridgehead atoms. The van der Waals surface area contributed by atoms with Gasteiger partial charge in [0.1, 0.15) is 0 Å². The minimum atomic E-state index is -0.981. The highest BCUT2D eigenvalue weighted by Gasteiger charge is 2.58. The molecule has 0 aliphatic heterocycles. The molecule has 2 saturated carbocycles. The average Bonchev–Trinajstić information content (AvgIpc) is 3.59. The van der Waals surface area contributed by atoms with Crippen LogP contribution >= 0.6 is 0 Å². The van der Waals surface area contributed by atoms with Gasteiger partial charge in [0.05, 0.1) is 11.6 Å². The molecule has 5 nitrogen and oxygen atoms in total. The third-order valence-corrected chi connectivity index (χ3v) is 8.08. The van der Waals surface area contributed by atoms with Gasteiger partial charge in [-0.3, -0.25) is 4.90 Å². The number of rotatable bonds is 8. The fraction of sp³-hybridized carbons (Fsp3) is 0.517. The van der Waals surface area contributed by atoms with Gasteiger partial charge in [-0.25, -0.2) is 13.6 Å². The number of fused-ring (bicyclic) bond motifs is 1. The summed E-state index contributed by atoms with van der Waals surface area (Å²) in [5, 5.41) is 12.1. The quantitative estimate of drug-likeness (QED) is 0.469. The van der Waals surface area contributed by atoms with E-state index in [2.05, 4.69) is 50.0 Å². The van der Waals surface area contributed by atoms with Crippen molar-refractivity contribution in [3.05, 3.63) is 65.2 Å². The van der Waals surface area contributed by atoms with E-state index in [-0.39, 0.29) is 23.2 Å². The molecule has 7 heteroatoms. The molecule has 1 unspecified atom stereocenters. The van der Waals surface area contributed by atoms with Crippen LogP contribution in [-0.4, -0.2) is 47.0 Å². The van der Waals surface area contributed by atoms with E-state index in [9.17, 15) is 18.8 Å². The zero-order valence-electron chi connectivity index (χ0n) is 21.6. The number of carbonyl (C=O) groups excluding carboxylic acids is 1. The summed E-state index contributed by atoms with van der Waals surface area (Å²) in [6.07, 6.45) is 3.79. The van der Waals surface area contributed by atoms with Gasteiger partial charge in [0, 0.05) is 43.0 Å². The number of amides is 2. The van der Waals surface area contributed by atoms with Crippen molar-refractivity contribution in [3.8, 4) is 6.07 Å². The summed E-state index contributed by atoms with van der Waals surface area (Å²) in [7, 11) is 0. The normalized spacial score (nSPS) is 22.9. The molecule has 0 aromatic heterocycles. The Morgan fingerprint density at radius 1 is 1.11 bits per heavy atom. The summed E-state index contributed by atoms with van der Waals surface area (Å²) < 4.78 is 27.2. The van der Waals surface area contributed by atoms with Crippen LogP contribution in [0.25, 0.3) is 0 Å². The molecule has 0 heterocycles. The van der Waals surface area contributed by atoms with Crippen LogP contribution in [0.2, 0.25) is 0 Å². The Labute approximate surface area is 213 Å². The topological polar surface area (TPSA) is 59.4 Å². The van der Waals surface area contributed by atoms with Crippen molar-refractivity contribution in [2.45, 2.75) is 76.9 Å². The van der Waals surface area contributed by atoms with Crippen LogP contribution in [0.15, 0.2) is 42.5 Å². The van der Waals surface area contributed by atoms with E-state index < -0.39 is 11.6 Å². The molecule has 2 aromatic rings. The van der Waals surface area contributed by atoms with Crippen molar-refractivity contribution < 1.29 is 13.6 Å². The van der Waals surface area contributed by atoms with Crippen LogP contribution in [0, 0.1) is 28.9 Å². The van der Waals surface area contributed by atoms with Gasteiger partial charge in [-0.2, -0.15) is 5.26 Å². The van der Waals surface area contributed by atoms with E-state index in [0.29, 0.717) is 30.1 Å². The highest BCUT2D eigenvalue weighted by molar-refractivity contribution is 5.89. The zero-order chi connectivity index (χ0) is 26.0. The van der Waals surface area contributed by atoms with Crippen molar-refractivity contribution in [2.75, 3.05) is 18.4 Å². The number of anilines is 1. The van der Waals surface area contributed by atoms with Gasteiger partial charge in [-0.05, 0) is 94.5 Å². The Hall–Kier alpha value is -2.98. The summed E-state index contributed by atoms with van der Waals surface area (Å²) in [6, 6.07) is 14.1. The van der Waals surface area contributed by atoms with Gasteiger partial charge in [0.15, 0.2) is 11.6 Å². The van der Waals surface area contributed by atoms with Crippen LogP contribution in [0.1, 0.15) is 64.5 Å². The number of nitrogens with zero attached hydrogens (tertiary/aromatic N) is 3. The molecule has 2 aliphatic rings. The van der Waals surface area contributed by atoms with Crippen LogP contribution in [0.3, 0.4) is 0 Å². The van der Waals surface area contributed by atoms with E-state index in [0.717, 1.165) is 44.4 Å². The molecule has 0 saturated heterocycles. The summed E-state index contributed by atoms with van der Waals surface area (Å²) >= 11 is 0. The third kappa shape index (κ3) is 5.39. The molecule has 3 atom stereocenters. The summed E-state index contributed by atoms with van der Waals surface area (Å²) in [5.74, 6) is -1.45. The lowest BCUT2D eigenvalue weighted by Crippen LogP contribution is -2.50. The fourth-order valence-electron chi connectivity index (χ4n) is 6.10. The Kier molecular flexibility index (Phi) is 7.65. The second-order valence-electron chi connectivity index (χ2n) is 10.9. The average molecular weight is 495 g/mol. The van der Waals surface area contributed by atoms with Crippen molar-refractivity contribution in [1.29, 1.82) is 5.26 Å². The zero-order valence-corrected chi connectivity index (χ0v) is 21.6. The largest absolute Gasteiger partial charge is 0.322 e. The molecule has 1 N–H and O–H groups in total. The maximum Gasteiger partial charge on any atom is 0.322 e. The predicted molar refractivity (Wildman–Crippen MR) is 138 cm³/mol. The molecule has 36 heavy (non-hydrogen) atoms. The standard InChI is InChI=1S/C29H36F2N4O/c1-19(2)34(20(3)4)12-13-35(28(36)33-24-8-9-26(30)27(31)16-24)25-10-11-29(17-23(29)15-25)22-7-5-6-21(14-22)18-32/h5-9,14,16,19-20,23,25H,10-13,15,17H2,1-4H3,(H,33,36)/t23?,25-,29+/m1/s1. The van der Waals surface area contributed by atoms with Crippen molar-refractivity contribution in [2.24, 2.45) is 5.92 Å². The smallest absolute Gasteiger partial charge is 0.320 e. The van der Waals surface area contributed by atoms with E-state index in [4.69, 9.17) is 0 Å². The maximum absolute atomic E-state index is 13.8. The predicted octanol–water partition coefficient (Wildman–Crippen LogP) is 6.30. The fourth-order valence-corrected chi connectivity index (χ4v) is 6.10. The van der Waals surface area contributed by atoms with Crippen molar-refractivity contribution >= 4 is 11.7 Å². The highest BCUT2D eigenvalue weighted by Crippen LogP contribution is 2.62. The van der Waals surface area contributed by atoms with Gasteiger partial charge in [-0.15, -0.1) is 0 Å². The first-order chi connectivity index (χ1) is 17.1. The number of benzene rings is 2. The van der Waals surface area contributed by atoms with Crippen LogP contribution < -0.4 is 5.32 Å². The lowest BCUT2D eigenvalue weighted by molar-refractivity contribution is 0.120. The van der Waals surface area contributed by atoms with Crippen LogP contribution in [0.4, 0.5) is 19.3 Å². The molecule has 4 rings (SSSR count). The number of urea groups is 1. The van der Waals surface area contributed by atoms with Gasteiger partial charge in [0.2, 0.25) is 0 Å². The molecule has 2 fully saturated rings. The van der Waals surface area contributed by atoms with Crippen molar-refractivity contribution in [3.63, 3.8) is 0 Å². The first-order valence-electron chi connectivity index (χ1n) is 12.9.